The summed E-state index contributed by atoms with van der Waals surface area (Å²) in [6, 6.07) is 12.1. The molecule has 1 saturated heterocycles. The fourth-order valence-corrected chi connectivity index (χ4v) is 5.33. The van der Waals surface area contributed by atoms with Crippen LogP contribution in [0.2, 0.25) is 0 Å². The molecule has 1 unspecified atom stereocenters. The second-order valence-corrected chi connectivity index (χ2v) is 8.46. The Hall–Kier alpha value is -2.54. The first-order valence-corrected chi connectivity index (χ1v) is 9.93. The fraction of sp³-hybridized carbons (Fsp3) is 0.316. The van der Waals surface area contributed by atoms with Gasteiger partial charge in [0.1, 0.15) is 11.9 Å². The molecule has 1 amide bonds. The predicted molar refractivity (Wildman–Crippen MR) is 97.4 cm³/mol. The standard InChI is InChI=1S/C19H20N2O4S/c1-13-3-6-16(7-4-13)26(23,24)21-17-8-5-15(25-2)11-14(17)12-20-18(21)9-10-19(20)22/h3-8,11,18H,9-10,12H2,1-2H3. The van der Waals surface area contributed by atoms with Crippen molar-refractivity contribution >= 4 is 21.6 Å². The minimum absolute atomic E-state index is 0.0208. The molecule has 0 bridgehead atoms. The second kappa shape index (κ2) is 6.02. The largest absolute Gasteiger partial charge is 0.497 e. The van der Waals surface area contributed by atoms with E-state index in [1.807, 2.05) is 6.92 Å². The first kappa shape index (κ1) is 16.9. The number of nitrogens with zero attached hydrogens (tertiary/aromatic N) is 2. The van der Waals surface area contributed by atoms with Crippen LogP contribution >= 0.6 is 0 Å². The zero-order valence-electron chi connectivity index (χ0n) is 14.7. The molecule has 2 aromatic carbocycles. The van der Waals surface area contributed by atoms with Crippen molar-refractivity contribution in [3.63, 3.8) is 0 Å². The highest BCUT2D eigenvalue weighted by atomic mass is 32.2. The van der Waals surface area contributed by atoms with E-state index in [1.165, 1.54) is 4.31 Å². The third-order valence-corrected chi connectivity index (χ3v) is 6.84. The summed E-state index contributed by atoms with van der Waals surface area (Å²) in [6.45, 7) is 2.31. The lowest BCUT2D eigenvalue weighted by Gasteiger charge is -2.41. The van der Waals surface area contributed by atoms with E-state index in [-0.39, 0.29) is 10.8 Å². The first-order valence-electron chi connectivity index (χ1n) is 8.49. The van der Waals surface area contributed by atoms with Crippen LogP contribution in [0, 0.1) is 6.92 Å². The van der Waals surface area contributed by atoms with Gasteiger partial charge in [0.25, 0.3) is 10.0 Å². The van der Waals surface area contributed by atoms with Crippen LogP contribution in [0.25, 0.3) is 0 Å². The van der Waals surface area contributed by atoms with Crippen molar-refractivity contribution in [2.24, 2.45) is 0 Å². The van der Waals surface area contributed by atoms with E-state index < -0.39 is 16.2 Å². The molecule has 2 aliphatic rings. The molecule has 136 valence electrons. The summed E-state index contributed by atoms with van der Waals surface area (Å²) in [5.74, 6) is 0.620. The number of methoxy groups -OCH3 is 1. The van der Waals surface area contributed by atoms with Gasteiger partial charge in [-0.05, 0) is 49.2 Å². The van der Waals surface area contributed by atoms with Crippen LogP contribution < -0.4 is 9.04 Å². The van der Waals surface area contributed by atoms with Crippen LogP contribution in [0.4, 0.5) is 5.69 Å². The monoisotopic (exact) mass is 372 g/mol. The molecule has 2 aliphatic heterocycles. The zero-order valence-corrected chi connectivity index (χ0v) is 15.5. The maximum absolute atomic E-state index is 13.4. The summed E-state index contributed by atoms with van der Waals surface area (Å²) in [4.78, 5) is 14.2. The van der Waals surface area contributed by atoms with Crippen molar-refractivity contribution in [3.8, 4) is 5.75 Å². The van der Waals surface area contributed by atoms with Gasteiger partial charge in [0.05, 0.1) is 17.7 Å². The molecule has 0 aromatic heterocycles. The fourth-order valence-electron chi connectivity index (χ4n) is 3.64. The Labute approximate surface area is 153 Å². The molecule has 7 heteroatoms. The molecule has 1 fully saturated rings. The van der Waals surface area contributed by atoms with Gasteiger partial charge in [-0.3, -0.25) is 4.79 Å². The van der Waals surface area contributed by atoms with E-state index in [1.54, 1.807) is 54.5 Å². The van der Waals surface area contributed by atoms with E-state index in [0.717, 1.165) is 11.1 Å². The maximum atomic E-state index is 13.4. The number of rotatable bonds is 3. The Bertz CT molecular complexity index is 970. The Morgan fingerprint density at radius 1 is 1.12 bits per heavy atom. The molecule has 0 saturated carbocycles. The summed E-state index contributed by atoms with van der Waals surface area (Å²) in [7, 11) is -2.23. The lowest BCUT2D eigenvalue weighted by Crippen LogP contribution is -2.52. The van der Waals surface area contributed by atoms with Crippen molar-refractivity contribution in [3.05, 3.63) is 53.6 Å². The van der Waals surface area contributed by atoms with Crippen LogP contribution in [-0.4, -0.2) is 32.5 Å². The van der Waals surface area contributed by atoms with Gasteiger partial charge in [0, 0.05) is 13.0 Å². The topological polar surface area (TPSA) is 66.9 Å². The molecule has 0 radical (unpaired) electrons. The summed E-state index contributed by atoms with van der Waals surface area (Å²) in [6.07, 6.45) is 0.375. The number of hydrogen-bond donors (Lipinski definition) is 0. The van der Waals surface area contributed by atoms with Crippen LogP contribution in [0.5, 0.6) is 5.75 Å². The van der Waals surface area contributed by atoms with Gasteiger partial charge in [0.2, 0.25) is 5.91 Å². The number of aryl methyl sites for hydroxylation is 1. The van der Waals surface area contributed by atoms with Gasteiger partial charge in [-0.2, -0.15) is 0 Å². The van der Waals surface area contributed by atoms with Gasteiger partial charge in [0.15, 0.2) is 0 Å². The number of hydrogen-bond acceptors (Lipinski definition) is 4. The zero-order chi connectivity index (χ0) is 18.5. The number of ether oxygens (including phenoxy) is 1. The Kier molecular flexibility index (Phi) is 3.91. The minimum atomic E-state index is -3.79. The number of sulfonamides is 1. The molecule has 0 spiro atoms. The highest BCUT2D eigenvalue weighted by Gasteiger charge is 2.45. The molecule has 2 aromatic rings. The molecule has 1 atom stereocenters. The highest BCUT2D eigenvalue weighted by Crippen LogP contribution is 2.41. The Morgan fingerprint density at radius 2 is 1.85 bits per heavy atom. The average Bonchev–Trinajstić information content (AvgIpc) is 3.00. The number of amides is 1. The number of anilines is 1. The third kappa shape index (κ3) is 2.54. The Balaban J connectivity index is 1.88. The quantitative estimate of drug-likeness (QED) is 0.831. The molecule has 4 rings (SSSR count). The highest BCUT2D eigenvalue weighted by molar-refractivity contribution is 7.92. The number of benzene rings is 2. The van der Waals surface area contributed by atoms with Gasteiger partial charge in [-0.15, -0.1) is 0 Å². The van der Waals surface area contributed by atoms with Crippen LogP contribution in [0.1, 0.15) is 24.0 Å². The van der Waals surface area contributed by atoms with Crippen LogP contribution in [0.15, 0.2) is 47.4 Å². The molecule has 2 heterocycles. The molecule has 26 heavy (non-hydrogen) atoms. The Morgan fingerprint density at radius 3 is 2.54 bits per heavy atom. The average molecular weight is 372 g/mol. The van der Waals surface area contributed by atoms with Crippen LogP contribution in [0.3, 0.4) is 0 Å². The first-order chi connectivity index (χ1) is 12.4. The molecule has 0 N–H and O–H groups in total. The number of carbonyl (C=O) groups excluding carboxylic acids is 1. The normalized spacial score (nSPS) is 19.3. The van der Waals surface area contributed by atoms with Crippen molar-refractivity contribution < 1.29 is 17.9 Å². The van der Waals surface area contributed by atoms with E-state index in [9.17, 15) is 13.2 Å². The van der Waals surface area contributed by atoms with Crippen molar-refractivity contribution in [2.75, 3.05) is 11.4 Å². The third-order valence-electron chi connectivity index (χ3n) is 5.01. The summed E-state index contributed by atoms with van der Waals surface area (Å²) < 4.78 is 33.5. The number of fused-ring (bicyclic) bond motifs is 2. The molecular weight excluding hydrogens is 352 g/mol. The van der Waals surface area contributed by atoms with Gasteiger partial charge < -0.3 is 9.64 Å². The lowest BCUT2D eigenvalue weighted by atomic mass is 10.1. The molecule has 0 aliphatic carbocycles. The van der Waals surface area contributed by atoms with E-state index in [0.29, 0.717) is 30.8 Å². The second-order valence-electron chi connectivity index (χ2n) is 6.65. The molecular formula is C19H20N2O4S. The summed E-state index contributed by atoms with van der Waals surface area (Å²) in [5.41, 5.74) is 2.37. The van der Waals surface area contributed by atoms with E-state index in [2.05, 4.69) is 0 Å². The number of carbonyl (C=O) groups is 1. The summed E-state index contributed by atoms with van der Waals surface area (Å²) >= 11 is 0. The minimum Gasteiger partial charge on any atom is -0.497 e. The lowest BCUT2D eigenvalue weighted by molar-refractivity contribution is -0.129. The van der Waals surface area contributed by atoms with E-state index in [4.69, 9.17) is 4.74 Å². The molecule has 6 nitrogen and oxygen atoms in total. The van der Waals surface area contributed by atoms with Crippen molar-refractivity contribution in [1.29, 1.82) is 0 Å². The maximum Gasteiger partial charge on any atom is 0.266 e. The van der Waals surface area contributed by atoms with Gasteiger partial charge in [-0.1, -0.05) is 17.7 Å². The summed E-state index contributed by atoms with van der Waals surface area (Å²) in [5, 5.41) is 0. The SMILES string of the molecule is COc1ccc2c(c1)CN1C(=O)CCC1N2S(=O)(=O)c1ccc(C)cc1. The van der Waals surface area contributed by atoms with Crippen molar-refractivity contribution in [1.82, 2.24) is 4.90 Å². The smallest absolute Gasteiger partial charge is 0.266 e. The van der Waals surface area contributed by atoms with Crippen molar-refractivity contribution in [2.45, 2.75) is 37.4 Å². The van der Waals surface area contributed by atoms with Gasteiger partial charge in [-0.25, -0.2) is 12.7 Å². The van der Waals surface area contributed by atoms with Gasteiger partial charge >= 0.3 is 0 Å². The predicted octanol–water partition coefficient (Wildman–Crippen LogP) is 2.66. The van der Waals surface area contributed by atoms with Crippen LogP contribution in [-0.2, 0) is 21.4 Å². The van der Waals surface area contributed by atoms with E-state index >= 15 is 0 Å².